The third-order valence-electron chi connectivity index (χ3n) is 2.20. The summed E-state index contributed by atoms with van der Waals surface area (Å²) in [5.74, 6) is 2.77. The largest absolute Gasteiger partial charge is 0.369 e. The summed E-state index contributed by atoms with van der Waals surface area (Å²) >= 11 is 3.76. The van der Waals surface area contributed by atoms with Gasteiger partial charge in [-0.05, 0) is 5.92 Å². The van der Waals surface area contributed by atoms with Crippen molar-refractivity contribution >= 4 is 23.1 Å². The molecule has 1 aromatic heterocycles. The van der Waals surface area contributed by atoms with E-state index < -0.39 is 0 Å². The van der Waals surface area contributed by atoms with Gasteiger partial charge in [0.25, 0.3) is 0 Å². The lowest BCUT2D eigenvalue weighted by Crippen LogP contribution is -2.15. The normalized spacial score (nSPS) is 22.9. The third-order valence-corrected chi connectivity index (χ3v) is 4.59. The van der Waals surface area contributed by atoms with Crippen LogP contribution in [0.3, 0.4) is 0 Å². The van der Waals surface area contributed by atoms with Crippen molar-refractivity contribution in [2.24, 2.45) is 0 Å². The molecular weight excluding hydrogens is 214 g/mol. The summed E-state index contributed by atoms with van der Waals surface area (Å²) in [6.45, 7) is 5.27. The second-order valence-electron chi connectivity index (χ2n) is 3.69. The molecule has 14 heavy (non-hydrogen) atoms. The number of thiazole rings is 1. The lowest BCUT2D eigenvalue weighted by Gasteiger charge is -2.19. The average Bonchev–Trinajstić information content (AvgIpc) is 2.68. The van der Waals surface area contributed by atoms with Crippen LogP contribution < -0.4 is 0 Å². The maximum absolute atomic E-state index is 5.68. The molecule has 2 rings (SSSR count). The number of thioether (sulfide) groups is 1. The summed E-state index contributed by atoms with van der Waals surface area (Å²) in [6.07, 6.45) is 2.24. The van der Waals surface area contributed by atoms with Crippen molar-refractivity contribution < 1.29 is 4.74 Å². The Hall–Kier alpha value is -0.0600. The molecule has 0 N–H and O–H groups in total. The summed E-state index contributed by atoms with van der Waals surface area (Å²) < 4.78 is 5.68. The van der Waals surface area contributed by atoms with Gasteiger partial charge in [-0.2, -0.15) is 11.8 Å². The van der Waals surface area contributed by atoms with Crippen molar-refractivity contribution in [2.45, 2.75) is 25.9 Å². The van der Waals surface area contributed by atoms with E-state index in [0.717, 1.165) is 23.1 Å². The first-order chi connectivity index (χ1) is 6.77. The van der Waals surface area contributed by atoms with E-state index in [1.807, 2.05) is 18.0 Å². The number of rotatable bonds is 2. The van der Waals surface area contributed by atoms with Crippen molar-refractivity contribution in [3.05, 3.63) is 16.1 Å². The maximum Gasteiger partial charge on any atom is 0.123 e. The van der Waals surface area contributed by atoms with Gasteiger partial charge in [-0.3, -0.25) is 0 Å². The molecule has 4 heteroatoms. The Morgan fingerprint density at radius 3 is 3.00 bits per heavy atom. The lowest BCUT2D eigenvalue weighted by molar-refractivity contribution is 0.0755. The molecule has 1 aliphatic heterocycles. The van der Waals surface area contributed by atoms with E-state index in [9.17, 15) is 0 Å². The molecule has 0 radical (unpaired) electrons. The number of hydrogen-bond donors (Lipinski definition) is 0. The van der Waals surface area contributed by atoms with Gasteiger partial charge < -0.3 is 4.74 Å². The molecule has 1 unspecified atom stereocenters. The quantitative estimate of drug-likeness (QED) is 0.778. The Labute approximate surface area is 93.1 Å². The summed E-state index contributed by atoms with van der Waals surface area (Å²) in [6, 6.07) is 0. The minimum Gasteiger partial charge on any atom is -0.369 e. The van der Waals surface area contributed by atoms with Gasteiger partial charge in [-0.15, -0.1) is 11.3 Å². The van der Waals surface area contributed by atoms with Gasteiger partial charge in [0, 0.05) is 22.6 Å². The Bertz CT molecular complexity index is 292. The Kier molecular flexibility index (Phi) is 3.47. The SMILES string of the molecule is CC(C)c1cnc(C2CSCCO2)s1. The second-order valence-corrected chi connectivity index (χ2v) is 5.93. The minimum absolute atomic E-state index is 0.242. The molecule has 0 saturated carbocycles. The average molecular weight is 229 g/mol. The molecule has 2 nitrogen and oxygen atoms in total. The van der Waals surface area contributed by atoms with Crippen molar-refractivity contribution in [3.63, 3.8) is 0 Å². The van der Waals surface area contributed by atoms with E-state index in [1.54, 1.807) is 11.3 Å². The maximum atomic E-state index is 5.68. The number of ether oxygens (including phenoxy) is 1. The van der Waals surface area contributed by atoms with Crippen LogP contribution in [-0.4, -0.2) is 23.1 Å². The first-order valence-corrected chi connectivity index (χ1v) is 6.89. The molecule has 1 aliphatic rings. The molecule has 0 aliphatic carbocycles. The highest BCUT2D eigenvalue weighted by molar-refractivity contribution is 7.99. The monoisotopic (exact) mass is 229 g/mol. The highest BCUT2D eigenvalue weighted by Crippen LogP contribution is 2.31. The van der Waals surface area contributed by atoms with Gasteiger partial charge in [0.15, 0.2) is 0 Å². The molecule has 2 heterocycles. The van der Waals surface area contributed by atoms with E-state index >= 15 is 0 Å². The lowest BCUT2D eigenvalue weighted by atomic mass is 10.2. The summed E-state index contributed by atoms with van der Waals surface area (Å²) in [7, 11) is 0. The van der Waals surface area contributed by atoms with E-state index in [-0.39, 0.29) is 6.10 Å². The van der Waals surface area contributed by atoms with Crippen molar-refractivity contribution in [1.82, 2.24) is 4.98 Å². The predicted octanol–water partition coefficient (Wildman–Crippen LogP) is 3.07. The van der Waals surface area contributed by atoms with Crippen LogP contribution in [0.25, 0.3) is 0 Å². The predicted molar refractivity (Wildman–Crippen MR) is 62.2 cm³/mol. The molecule has 0 bridgehead atoms. The van der Waals surface area contributed by atoms with Crippen LogP contribution in [0.1, 0.15) is 35.8 Å². The van der Waals surface area contributed by atoms with Crippen LogP contribution in [0, 0.1) is 0 Å². The van der Waals surface area contributed by atoms with Crippen LogP contribution in [-0.2, 0) is 4.74 Å². The molecule has 0 spiro atoms. The zero-order valence-electron chi connectivity index (χ0n) is 8.53. The highest BCUT2D eigenvalue weighted by Gasteiger charge is 2.20. The fraction of sp³-hybridized carbons (Fsp3) is 0.700. The molecule has 0 amide bonds. The van der Waals surface area contributed by atoms with Crippen molar-refractivity contribution in [3.8, 4) is 0 Å². The third kappa shape index (κ3) is 2.30. The van der Waals surface area contributed by atoms with Gasteiger partial charge in [-0.25, -0.2) is 4.98 Å². The smallest absolute Gasteiger partial charge is 0.123 e. The van der Waals surface area contributed by atoms with Gasteiger partial charge in [-0.1, -0.05) is 13.8 Å². The standard InChI is InChI=1S/C10H15NOS2/c1-7(2)9-5-11-10(14-9)8-6-13-4-3-12-8/h5,7-8H,3-4,6H2,1-2H3. The number of nitrogens with zero attached hydrogens (tertiary/aromatic N) is 1. The zero-order valence-corrected chi connectivity index (χ0v) is 10.2. The van der Waals surface area contributed by atoms with E-state index in [2.05, 4.69) is 18.8 Å². The van der Waals surface area contributed by atoms with E-state index in [1.165, 1.54) is 4.88 Å². The number of aromatic nitrogens is 1. The van der Waals surface area contributed by atoms with Crippen LogP contribution in [0.15, 0.2) is 6.20 Å². The van der Waals surface area contributed by atoms with Crippen LogP contribution in [0.2, 0.25) is 0 Å². The molecule has 1 aromatic rings. The second kappa shape index (κ2) is 4.64. The fourth-order valence-electron chi connectivity index (χ4n) is 1.35. The van der Waals surface area contributed by atoms with Gasteiger partial charge in [0.1, 0.15) is 11.1 Å². The Balaban J connectivity index is 2.07. The van der Waals surface area contributed by atoms with E-state index in [4.69, 9.17) is 4.74 Å². The van der Waals surface area contributed by atoms with Crippen LogP contribution >= 0.6 is 23.1 Å². The van der Waals surface area contributed by atoms with Gasteiger partial charge in [0.2, 0.25) is 0 Å². The van der Waals surface area contributed by atoms with Crippen LogP contribution in [0.4, 0.5) is 0 Å². The van der Waals surface area contributed by atoms with Crippen molar-refractivity contribution in [1.29, 1.82) is 0 Å². The van der Waals surface area contributed by atoms with Crippen molar-refractivity contribution in [2.75, 3.05) is 18.1 Å². The molecule has 1 fully saturated rings. The first kappa shape index (κ1) is 10.5. The molecule has 0 aromatic carbocycles. The zero-order chi connectivity index (χ0) is 9.97. The Morgan fingerprint density at radius 2 is 2.43 bits per heavy atom. The van der Waals surface area contributed by atoms with E-state index in [0.29, 0.717) is 5.92 Å². The van der Waals surface area contributed by atoms with Gasteiger partial charge >= 0.3 is 0 Å². The number of hydrogen-bond acceptors (Lipinski definition) is 4. The summed E-state index contributed by atoms with van der Waals surface area (Å²) in [5, 5.41) is 1.15. The fourth-order valence-corrected chi connectivity index (χ4v) is 3.27. The minimum atomic E-state index is 0.242. The summed E-state index contributed by atoms with van der Waals surface area (Å²) in [4.78, 5) is 5.80. The van der Waals surface area contributed by atoms with Gasteiger partial charge in [0.05, 0.1) is 6.61 Å². The molecule has 1 saturated heterocycles. The first-order valence-electron chi connectivity index (χ1n) is 4.92. The Morgan fingerprint density at radius 1 is 1.57 bits per heavy atom. The molecule has 78 valence electrons. The van der Waals surface area contributed by atoms with Crippen LogP contribution in [0.5, 0.6) is 0 Å². The molecular formula is C10H15NOS2. The molecule has 1 atom stereocenters. The highest BCUT2D eigenvalue weighted by atomic mass is 32.2. The topological polar surface area (TPSA) is 22.1 Å². The summed E-state index contributed by atoms with van der Waals surface area (Å²) in [5.41, 5.74) is 0.